The molecule has 1 saturated heterocycles. The van der Waals surface area contributed by atoms with E-state index in [-0.39, 0.29) is 18.1 Å². The Hall–Kier alpha value is -2.62. The molecule has 0 atom stereocenters. The third kappa shape index (κ3) is 4.31. The highest BCUT2D eigenvalue weighted by molar-refractivity contribution is 6.30. The molecule has 1 aliphatic rings. The lowest BCUT2D eigenvalue weighted by molar-refractivity contribution is -0.117. The Bertz CT molecular complexity index is 844. The Morgan fingerprint density at radius 1 is 1.19 bits per heavy atom. The number of nitrogens with zero attached hydrogens (tertiary/aromatic N) is 3. The predicted octanol–water partition coefficient (Wildman–Crippen LogP) is 3.11. The lowest BCUT2D eigenvalue weighted by atomic mass is 10.1. The summed E-state index contributed by atoms with van der Waals surface area (Å²) in [5, 5.41) is 12.4. The standard InChI is InChI=1S/C19H18ClFN4O/c20-15-5-6-18(14(11-15)12-22)25-9-7-24(8-10-25)13-19(26)23-17-4-2-1-3-16(17)21/h1-6,11H,7-10,13H2,(H,23,26). The lowest BCUT2D eigenvalue weighted by Gasteiger charge is -2.36. The van der Waals surface area contributed by atoms with Crippen LogP contribution in [0.2, 0.25) is 5.02 Å². The summed E-state index contributed by atoms with van der Waals surface area (Å²) in [6, 6.07) is 13.6. The first-order valence-corrected chi connectivity index (χ1v) is 8.66. The van der Waals surface area contributed by atoms with E-state index in [1.807, 2.05) is 11.0 Å². The Balaban J connectivity index is 1.55. The number of benzene rings is 2. The van der Waals surface area contributed by atoms with Crippen molar-refractivity contribution in [1.29, 1.82) is 5.26 Å². The second-order valence-corrected chi connectivity index (χ2v) is 6.50. The van der Waals surface area contributed by atoms with Gasteiger partial charge in [0.05, 0.1) is 23.5 Å². The minimum absolute atomic E-state index is 0.191. The Morgan fingerprint density at radius 2 is 1.92 bits per heavy atom. The van der Waals surface area contributed by atoms with Crippen LogP contribution >= 0.6 is 11.6 Å². The maximum absolute atomic E-state index is 13.6. The number of anilines is 2. The highest BCUT2D eigenvalue weighted by Gasteiger charge is 2.21. The van der Waals surface area contributed by atoms with Gasteiger partial charge >= 0.3 is 0 Å². The third-order valence-electron chi connectivity index (χ3n) is 4.31. The van der Waals surface area contributed by atoms with Gasteiger partial charge in [-0.25, -0.2) is 4.39 Å². The molecule has 3 rings (SSSR count). The van der Waals surface area contributed by atoms with Gasteiger partial charge in [-0.05, 0) is 30.3 Å². The first-order valence-electron chi connectivity index (χ1n) is 8.28. The zero-order valence-electron chi connectivity index (χ0n) is 14.1. The minimum Gasteiger partial charge on any atom is -0.368 e. The summed E-state index contributed by atoms with van der Waals surface area (Å²) in [6.07, 6.45) is 0. The van der Waals surface area contributed by atoms with Crippen molar-refractivity contribution < 1.29 is 9.18 Å². The molecule has 0 radical (unpaired) electrons. The predicted molar refractivity (Wildman–Crippen MR) is 99.8 cm³/mol. The molecule has 1 N–H and O–H groups in total. The number of para-hydroxylation sites is 1. The Kier molecular flexibility index (Phi) is 5.71. The van der Waals surface area contributed by atoms with E-state index in [0.717, 1.165) is 5.69 Å². The molecular weight excluding hydrogens is 355 g/mol. The van der Waals surface area contributed by atoms with Crippen molar-refractivity contribution in [3.05, 3.63) is 58.9 Å². The van der Waals surface area contributed by atoms with Crippen LogP contribution in [-0.4, -0.2) is 43.5 Å². The molecular formula is C19H18ClFN4O. The zero-order chi connectivity index (χ0) is 18.5. The van der Waals surface area contributed by atoms with Crippen molar-refractivity contribution in [2.75, 3.05) is 42.9 Å². The van der Waals surface area contributed by atoms with Crippen LogP contribution in [0, 0.1) is 17.1 Å². The summed E-state index contributed by atoms with van der Waals surface area (Å²) in [7, 11) is 0. The topological polar surface area (TPSA) is 59.4 Å². The van der Waals surface area contributed by atoms with Crippen LogP contribution in [-0.2, 0) is 4.79 Å². The minimum atomic E-state index is -0.447. The molecule has 1 heterocycles. The molecule has 1 amide bonds. The number of rotatable bonds is 4. The molecule has 0 aromatic heterocycles. The van der Waals surface area contributed by atoms with E-state index in [1.54, 1.807) is 24.3 Å². The molecule has 2 aromatic rings. The molecule has 0 saturated carbocycles. The monoisotopic (exact) mass is 372 g/mol. The SMILES string of the molecule is N#Cc1cc(Cl)ccc1N1CCN(CC(=O)Nc2ccccc2F)CC1. The number of hydrogen-bond acceptors (Lipinski definition) is 4. The van der Waals surface area contributed by atoms with Crippen LogP contribution in [0.3, 0.4) is 0 Å². The Morgan fingerprint density at radius 3 is 2.62 bits per heavy atom. The number of amides is 1. The molecule has 1 aliphatic heterocycles. The average Bonchev–Trinajstić information content (AvgIpc) is 2.64. The van der Waals surface area contributed by atoms with E-state index in [1.165, 1.54) is 12.1 Å². The van der Waals surface area contributed by atoms with Crippen LogP contribution in [0.15, 0.2) is 42.5 Å². The van der Waals surface area contributed by atoms with Crippen molar-refractivity contribution in [2.24, 2.45) is 0 Å². The van der Waals surface area contributed by atoms with Gasteiger partial charge in [0.1, 0.15) is 11.9 Å². The van der Waals surface area contributed by atoms with Crippen molar-refractivity contribution in [1.82, 2.24) is 4.90 Å². The van der Waals surface area contributed by atoms with Crippen LogP contribution in [0.4, 0.5) is 15.8 Å². The molecule has 5 nitrogen and oxygen atoms in total. The fraction of sp³-hybridized carbons (Fsp3) is 0.263. The summed E-state index contributed by atoms with van der Waals surface area (Å²) in [6.45, 7) is 2.96. The normalized spacial score (nSPS) is 14.7. The molecule has 7 heteroatoms. The summed E-state index contributed by atoms with van der Waals surface area (Å²) < 4.78 is 13.6. The van der Waals surface area contributed by atoms with E-state index in [4.69, 9.17) is 11.6 Å². The molecule has 0 aliphatic carbocycles. The second kappa shape index (κ2) is 8.17. The van der Waals surface area contributed by atoms with Crippen molar-refractivity contribution in [2.45, 2.75) is 0 Å². The molecule has 0 unspecified atom stereocenters. The smallest absolute Gasteiger partial charge is 0.238 e. The maximum Gasteiger partial charge on any atom is 0.238 e. The van der Waals surface area contributed by atoms with Gasteiger partial charge in [-0.1, -0.05) is 23.7 Å². The number of piperazine rings is 1. The van der Waals surface area contributed by atoms with Gasteiger partial charge in [-0.15, -0.1) is 0 Å². The van der Waals surface area contributed by atoms with Crippen LogP contribution in [0.25, 0.3) is 0 Å². The van der Waals surface area contributed by atoms with Crippen LogP contribution in [0.5, 0.6) is 0 Å². The van der Waals surface area contributed by atoms with Gasteiger partial charge in [0, 0.05) is 31.2 Å². The van der Waals surface area contributed by atoms with Crippen molar-refractivity contribution >= 4 is 28.9 Å². The van der Waals surface area contributed by atoms with Gasteiger partial charge in [0.15, 0.2) is 0 Å². The third-order valence-corrected chi connectivity index (χ3v) is 4.54. The summed E-state index contributed by atoms with van der Waals surface area (Å²) >= 11 is 5.94. The number of hydrogen-bond donors (Lipinski definition) is 1. The van der Waals surface area contributed by atoms with Crippen molar-refractivity contribution in [3.63, 3.8) is 0 Å². The fourth-order valence-corrected chi connectivity index (χ4v) is 3.15. The number of carbonyl (C=O) groups is 1. The molecule has 2 aromatic carbocycles. The number of nitrogens with one attached hydrogen (secondary N) is 1. The van der Waals surface area contributed by atoms with Crippen LogP contribution < -0.4 is 10.2 Å². The summed E-state index contributed by atoms with van der Waals surface area (Å²) in [5.41, 5.74) is 1.59. The first kappa shape index (κ1) is 18.2. The highest BCUT2D eigenvalue weighted by atomic mass is 35.5. The van der Waals surface area contributed by atoms with E-state index in [2.05, 4.69) is 16.3 Å². The number of nitriles is 1. The lowest BCUT2D eigenvalue weighted by Crippen LogP contribution is -2.48. The average molecular weight is 373 g/mol. The maximum atomic E-state index is 13.6. The van der Waals surface area contributed by atoms with E-state index >= 15 is 0 Å². The Labute approximate surface area is 156 Å². The molecule has 134 valence electrons. The first-order chi connectivity index (χ1) is 12.6. The van der Waals surface area contributed by atoms with Crippen molar-refractivity contribution in [3.8, 4) is 6.07 Å². The molecule has 26 heavy (non-hydrogen) atoms. The summed E-state index contributed by atoms with van der Waals surface area (Å²) in [4.78, 5) is 16.3. The molecule has 0 bridgehead atoms. The quantitative estimate of drug-likeness (QED) is 0.895. The summed E-state index contributed by atoms with van der Waals surface area (Å²) in [5.74, 6) is -0.690. The molecule has 1 fully saturated rings. The number of carbonyl (C=O) groups excluding carboxylic acids is 1. The van der Waals surface area contributed by atoms with Crippen LogP contribution in [0.1, 0.15) is 5.56 Å². The number of halogens is 2. The van der Waals surface area contributed by atoms with E-state index in [0.29, 0.717) is 36.8 Å². The fourth-order valence-electron chi connectivity index (χ4n) is 2.98. The van der Waals surface area contributed by atoms with Gasteiger partial charge < -0.3 is 10.2 Å². The van der Waals surface area contributed by atoms with Gasteiger partial charge in [0.25, 0.3) is 0 Å². The van der Waals surface area contributed by atoms with Gasteiger partial charge in [0.2, 0.25) is 5.91 Å². The zero-order valence-corrected chi connectivity index (χ0v) is 14.8. The van der Waals surface area contributed by atoms with E-state index < -0.39 is 5.82 Å². The molecule has 0 spiro atoms. The highest BCUT2D eigenvalue weighted by Crippen LogP contribution is 2.24. The second-order valence-electron chi connectivity index (χ2n) is 6.06. The van der Waals surface area contributed by atoms with Gasteiger partial charge in [-0.3, -0.25) is 9.69 Å². The largest absolute Gasteiger partial charge is 0.368 e. The van der Waals surface area contributed by atoms with E-state index in [9.17, 15) is 14.4 Å². The van der Waals surface area contributed by atoms with Gasteiger partial charge in [-0.2, -0.15) is 5.26 Å².